The number of hydrogen-bond acceptors (Lipinski definition) is 3. The molecular weight excluding hydrogens is 260 g/mol. The average Bonchev–Trinajstić information content (AvgIpc) is 2.45. The molecule has 0 atom stereocenters. The van der Waals surface area contributed by atoms with Crippen LogP contribution in [0.3, 0.4) is 0 Å². The van der Waals surface area contributed by atoms with Gasteiger partial charge in [0.05, 0.1) is 12.3 Å². The lowest BCUT2D eigenvalue weighted by molar-refractivity contribution is 0.122. The predicted octanol–water partition coefficient (Wildman–Crippen LogP) is 3.94. The van der Waals surface area contributed by atoms with E-state index in [0.29, 0.717) is 5.41 Å². The van der Waals surface area contributed by atoms with Crippen molar-refractivity contribution in [3.63, 3.8) is 0 Å². The van der Waals surface area contributed by atoms with Gasteiger partial charge in [0.25, 0.3) is 0 Å². The van der Waals surface area contributed by atoms with Gasteiger partial charge in [-0.2, -0.15) is 0 Å². The molecule has 0 saturated heterocycles. The summed E-state index contributed by atoms with van der Waals surface area (Å²) in [6, 6.07) is 8.45. The number of rotatable bonds is 6. The van der Waals surface area contributed by atoms with Crippen LogP contribution < -0.4 is 10.5 Å². The van der Waals surface area contributed by atoms with E-state index < -0.39 is 0 Å². The molecular formula is C18H30N2O. The van der Waals surface area contributed by atoms with Crippen LogP contribution in [0.1, 0.15) is 46.0 Å². The van der Waals surface area contributed by atoms with E-state index in [2.05, 4.69) is 25.8 Å². The first-order valence-corrected chi connectivity index (χ1v) is 8.15. The van der Waals surface area contributed by atoms with Crippen molar-refractivity contribution in [3.8, 4) is 5.75 Å². The van der Waals surface area contributed by atoms with Gasteiger partial charge >= 0.3 is 0 Å². The van der Waals surface area contributed by atoms with Crippen LogP contribution in [0, 0.1) is 5.41 Å². The predicted molar refractivity (Wildman–Crippen MR) is 89.6 cm³/mol. The fourth-order valence-corrected chi connectivity index (χ4v) is 3.12. The fraction of sp³-hybridized carbons (Fsp3) is 0.667. The molecule has 3 nitrogen and oxygen atoms in total. The number of anilines is 1. The molecule has 0 bridgehead atoms. The van der Waals surface area contributed by atoms with Crippen LogP contribution in [0.2, 0.25) is 0 Å². The van der Waals surface area contributed by atoms with Crippen LogP contribution in [0.15, 0.2) is 24.3 Å². The third-order valence-electron chi connectivity index (χ3n) is 4.76. The van der Waals surface area contributed by atoms with Gasteiger partial charge in [-0.1, -0.05) is 26.0 Å². The summed E-state index contributed by atoms with van der Waals surface area (Å²) in [5.74, 6) is 0.805. The number of ether oxygens (including phenoxy) is 1. The van der Waals surface area contributed by atoms with E-state index >= 15 is 0 Å². The summed E-state index contributed by atoms with van der Waals surface area (Å²) in [4.78, 5) is 2.51. The highest BCUT2D eigenvalue weighted by Gasteiger charge is 2.28. The van der Waals surface area contributed by atoms with Crippen LogP contribution >= 0.6 is 0 Å². The van der Waals surface area contributed by atoms with Crippen LogP contribution in [0.25, 0.3) is 0 Å². The molecule has 1 aliphatic rings. The molecule has 1 fully saturated rings. The van der Waals surface area contributed by atoms with Crippen molar-refractivity contribution in [2.75, 3.05) is 25.9 Å². The van der Waals surface area contributed by atoms with E-state index in [-0.39, 0.29) is 0 Å². The SMILES string of the molecule is CN(CCCOc1ccccc1N)C1CCC(C)(C)CC1. The van der Waals surface area contributed by atoms with Gasteiger partial charge in [0, 0.05) is 12.6 Å². The molecule has 0 spiro atoms. The molecule has 21 heavy (non-hydrogen) atoms. The maximum atomic E-state index is 5.87. The van der Waals surface area contributed by atoms with Crippen molar-refractivity contribution in [3.05, 3.63) is 24.3 Å². The zero-order valence-corrected chi connectivity index (χ0v) is 13.8. The quantitative estimate of drug-likeness (QED) is 0.637. The lowest BCUT2D eigenvalue weighted by Crippen LogP contribution is -2.38. The van der Waals surface area contributed by atoms with E-state index in [1.807, 2.05) is 24.3 Å². The topological polar surface area (TPSA) is 38.5 Å². The highest BCUT2D eigenvalue weighted by molar-refractivity contribution is 5.51. The van der Waals surface area contributed by atoms with Gasteiger partial charge in [0.15, 0.2) is 0 Å². The van der Waals surface area contributed by atoms with Crippen molar-refractivity contribution < 1.29 is 4.74 Å². The van der Waals surface area contributed by atoms with Crippen LogP contribution in [-0.4, -0.2) is 31.1 Å². The largest absolute Gasteiger partial charge is 0.491 e. The number of nitrogen functional groups attached to an aromatic ring is 1. The smallest absolute Gasteiger partial charge is 0.142 e. The molecule has 1 aliphatic carbocycles. The monoisotopic (exact) mass is 290 g/mol. The van der Waals surface area contributed by atoms with Gasteiger partial charge in [0.2, 0.25) is 0 Å². The Morgan fingerprint density at radius 3 is 2.57 bits per heavy atom. The number of benzene rings is 1. The molecule has 0 aromatic heterocycles. The minimum absolute atomic E-state index is 0.547. The van der Waals surface area contributed by atoms with Gasteiger partial charge in [-0.25, -0.2) is 0 Å². The van der Waals surface area contributed by atoms with E-state index in [4.69, 9.17) is 10.5 Å². The van der Waals surface area contributed by atoms with Gasteiger partial charge in [-0.15, -0.1) is 0 Å². The maximum Gasteiger partial charge on any atom is 0.142 e. The zero-order chi connectivity index (χ0) is 15.3. The van der Waals surface area contributed by atoms with Crippen LogP contribution in [0.5, 0.6) is 5.75 Å². The lowest BCUT2D eigenvalue weighted by Gasteiger charge is -2.38. The molecule has 0 aliphatic heterocycles. The third kappa shape index (κ3) is 4.92. The van der Waals surface area contributed by atoms with Crippen LogP contribution in [-0.2, 0) is 0 Å². The summed E-state index contributed by atoms with van der Waals surface area (Å²) < 4.78 is 5.76. The van der Waals surface area contributed by atoms with Crippen molar-refractivity contribution in [1.29, 1.82) is 0 Å². The summed E-state index contributed by atoms with van der Waals surface area (Å²) in [5, 5.41) is 0. The average molecular weight is 290 g/mol. The number of nitrogens with two attached hydrogens (primary N) is 1. The Morgan fingerprint density at radius 2 is 1.90 bits per heavy atom. The molecule has 0 radical (unpaired) electrons. The molecule has 2 N–H and O–H groups in total. The molecule has 2 rings (SSSR count). The molecule has 1 aromatic rings. The number of nitrogens with zero attached hydrogens (tertiary/aromatic N) is 1. The second kappa shape index (κ2) is 7.17. The minimum Gasteiger partial charge on any atom is -0.491 e. The second-order valence-corrected chi connectivity index (χ2v) is 7.12. The Morgan fingerprint density at radius 1 is 1.24 bits per heavy atom. The zero-order valence-electron chi connectivity index (χ0n) is 13.8. The molecule has 0 heterocycles. The van der Waals surface area contributed by atoms with E-state index in [1.54, 1.807) is 0 Å². The first kappa shape index (κ1) is 16.2. The molecule has 118 valence electrons. The summed E-state index contributed by atoms with van der Waals surface area (Å²) in [6.45, 7) is 6.61. The number of hydrogen-bond donors (Lipinski definition) is 1. The van der Waals surface area contributed by atoms with E-state index in [9.17, 15) is 0 Å². The third-order valence-corrected chi connectivity index (χ3v) is 4.76. The fourth-order valence-electron chi connectivity index (χ4n) is 3.12. The Balaban J connectivity index is 1.66. The highest BCUT2D eigenvalue weighted by atomic mass is 16.5. The van der Waals surface area contributed by atoms with E-state index in [1.165, 1.54) is 25.7 Å². The Kier molecular flexibility index (Phi) is 5.51. The maximum absolute atomic E-state index is 5.87. The molecule has 0 unspecified atom stereocenters. The van der Waals surface area contributed by atoms with Gasteiger partial charge in [0.1, 0.15) is 5.75 Å². The molecule has 0 amide bonds. The first-order valence-electron chi connectivity index (χ1n) is 8.15. The van der Waals surface area contributed by atoms with Gasteiger partial charge in [-0.05, 0) is 56.7 Å². The Hall–Kier alpha value is -1.22. The van der Waals surface area contributed by atoms with Crippen molar-refractivity contribution in [2.24, 2.45) is 5.41 Å². The van der Waals surface area contributed by atoms with Crippen LogP contribution in [0.4, 0.5) is 5.69 Å². The summed E-state index contributed by atoms with van der Waals surface area (Å²) >= 11 is 0. The molecule has 3 heteroatoms. The normalized spacial score (nSPS) is 18.9. The standard InChI is InChI=1S/C18H30N2O/c1-18(2)11-9-15(10-12-18)20(3)13-6-14-21-17-8-5-4-7-16(17)19/h4-5,7-8,15H,6,9-14,19H2,1-3H3. The number of para-hydroxylation sites is 2. The minimum atomic E-state index is 0.547. The Bertz CT molecular complexity index is 435. The molecule has 1 aromatic carbocycles. The van der Waals surface area contributed by atoms with E-state index in [0.717, 1.165) is 37.1 Å². The first-order chi connectivity index (χ1) is 9.98. The Labute approximate surface area is 129 Å². The summed E-state index contributed by atoms with van der Waals surface area (Å²) in [7, 11) is 2.25. The summed E-state index contributed by atoms with van der Waals surface area (Å²) in [5.41, 5.74) is 7.14. The van der Waals surface area contributed by atoms with Gasteiger partial charge in [-0.3, -0.25) is 0 Å². The second-order valence-electron chi connectivity index (χ2n) is 7.12. The summed E-state index contributed by atoms with van der Waals surface area (Å²) in [6.07, 6.45) is 6.40. The molecule has 1 saturated carbocycles. The van der Waals surface area contributed by atoms with Gasteiger partial charge < -0.3 is 15.4 Å². The van der Waals surface area contributed by atoms with Crippen molar-refractivity contribution in [2.45, 2.75) is 52.0 Å². The van der Waals surface area contributed by atoms with Crippen molar-refractivity contribution in [1.82, 2.24) is 4.90 Å². The highest BCUT2D eigenvalue weighted by Crippen LogP contribution is 2.36. The lowest BCUT2D eigenvalue weighted by atomic mass is 9.75. The van der Waals surface area contributed by atoms with Crippen molar-refractivity contribution >= 4 is 5.69 Å².